The van der Waals surface area contributed by atoms with Gasteiger partial charge in [0.25, 0.3) is 0 Å². The third-order valence-corrected chi connectivity index (χ3v) is 4.54. The van der Waals surface area contributed by atoms with Gasteiger partial charge in [-0.1, -0.05) is 6.42 Å². The average molecular weight is 222 g/mol. The van der Waals surface area contributed by atoms with E-state index in [-0.39, 0.29) is 17.4 Å². The first kappa shape index (κ1) is 10.4. The van der Waals surface area contributed by atoms with E-state index in [0.29, 0.717) is 13.2 Å². The van der Waals surface area contributed by atoms with E-state index in [1.807, 2.05) is 19.1 Å². The zero-order chi connectivity index (χ0) is 11.2. The molecule has 1 aromatic heterocycles. The molecule has 1 N–H and O–H groups in total. The molecule has 3 heteroatoms. The number of aryl methyl sites for hydroxylation is 1. The van der Waals surface area contributed by atoms with Gasteiger partial charge in [-0.15, -0.1) is 0 Å². The molecule has 1 aliphatic heterocycles. The molecule has 16 heavy (non-hydrogen) atoms. The Hall–Kier alpha value is -0.800. The second-order valence-corrected chi connectivity index (χ2v) is 5.28. The van der Waals surface area contributed by atoms with Crippen molar-refractivity contribution in [1.29, 1.82) is 0 Å². The maximum atomic E-state index is 9.71. The van der Waals surface area contributed by atoms with Gasteiger partial charge in [-0.2, -0.15) is 0 Å². The number of rotatable bonds is 3. The van der Waals surface area contributed by atoms with Crippen molar-refractivity contribution in [1.82, 2.24) is 0 Å². The molecule has 0 radical (unpaired) electrons. The molecule has 1 aromatic rings. The second kappa shape index (κ2) is 3.34. The van der Waals surface area contributed by atoms with Crippen molar-refractivity contribution in [3.63, 3.8) is 0 Å². The van der Waals surface area contributed by atoms with Gasteiger partial charge >= 0.3 is 0 Å². The normalized spacial score (nSPS) is 25.9. The molecule has 1 saturated heterocycles. The van der Waals surface area contributed by atoms with Crippen LogP contribution < -0.4 is 0 Å². The third-order valence-electron chi connectivity index (χ3n) is 4.54. The summed E-state index contributed by atoms with van der Waals surface area (Å²) in [6, 6.07) is 4.05. The van der Waals surface area contributed by atoms with Gasteiger partial charge in [0.05, 0.1) is 18.6 Å². The highest BCUT2D eigenvalue weighted by Crippen LogP contribution is 2.58. The van der Waals surface area contributed by atoms with Crippen LogP contribution in [-0.4, -0.2) is 24.9 Å². The number of hydrogen-bond donors (Lipinski definition) is 1. The molecule has 0 bridgehead atoms. The van der Waals surface area contributed by atoms with Crippen LogP contribution >= 0.6 is 0 Å². The van der Waals surface area contributed by atoms with E-state index in [9.17, 15) is 5.11 Å². The maximum absolute atomic E-state index is 9.71. The second-order valence-electron chi connectivity index (χ2n) is 5.28. The Bertz CT molecular complexity index is 380. The van der Waals surface area contributed by atoms with Crippen LogP contribution in [0.15, 0.2) is 16.5 Å². The Labute approximate surface area is 95.4 Å². The molecule has 3 rings (SSSR count). The fourth-order valence-electron chi connectivity index (χ4n) is 3.10. The van der Waals surface area contributed by atoms with Gasteiger partial charge in [-0.05, 0) is 31.9 Å². The smallest absolute Gasteiger partial charge is 0.115 e. The largest absolute Gasteiger partial charge is 0.466 e. The minimum Gasteiger partial charge on any atom is -0.466 e. The van der Waals surface area contributed by atoms with Gasteiger partial charge in [0.1, 0.15) is 11.5 Å². The summed E-state index contributed by atoms with van der Waals surface area (Å²) in [5, 5.41) is 9.71. The number of hydrogen-bond acceptors (Lipinski definition) is 3. The van der Waals surface area contributed by atoms with Crippen LogP contribution in [0.4, 0.5) is 0 Å². The SMILES string of the molecule is Cc1ccc(C2(C3(CO)CCC3)COC2)o1. The van der Waals surface area contributed by atoms with Gasteiger partial charge in [0.15, 0.2) is 0 Å². The monoisotopic (exact) mass is 222 g/mol. The predicted molar refractivity (Wildman–Crippen MR) is 59.3 cm³/mol. The fourth-order valence-corrected chi connectivity index (χ4v) is 3.10. The van der Waals surface area contributed by atoms with Crippen LogP contribution in [0, 0.1) is 12.3 Å². The summed E-state index contributed by atoms with van der Waals surface area (Å²) in [6.07, 6.45) is 3.39. The van der Waals surface area contributed by atoms with Crippen LogP contribution in [0.1, 0.15) is 30.8 Å². The van der Waals surface area contributed by atoms with Crippen molar-refractivity contribution in [3.05, 3.63) is 23.7 Å². The summed E-state index contributed by atoms with van der Waals surface area (Å²) in [5.41, 5.74) is -0.0518. The Morgan fingerprint density at radius 1 is 1.31 bits per heavy atom. The molecule has 0 aromatic carbocycles. The fraction of sp³-hybridized carbons (Fsp3) is 0.692. The van der Waals surface area contributed by atoms with Crippen LogP contribution in [-0.2, 0) is 10.2 Å². The molecule has 1 saturated carbocycles. The van der Waals surface area contributed by atoms with Gasteiger partial charge in [-0.25, -0.2) is 0 Å². The molecular weight excluding hydrogens is 204 g/mol. The number of ether oxygens (including phenoxy) is 1. The highest BCUT2D eigenvalue weighted by molar-refractivity contribution is 5.27. The van der Waals surface area contributed by atoms with Crippen molar-refractivity contribution < 1.29 is 14.3 Å². The molecular formula is C13H18O3. The van der Waals surface area contributed by atoms with Gasteiger partial charge in [0, 0.05) is 12.0 Å². The minimum atomic E-state index is -0.0613. The summed E-state index contributed by atoms with van der Waals surface area (Å²) in [5.74, 6) is 1.94. The van der Waals surface area contributed by atoms with E-state index >= 15 is 0 Å². The van der Waals surface area contributed by atoms with Gasteiger partial charge in [0.2, 0.25) is 0 Å². The Balaban J connectivity index is 1.99. The van der Waals surface area contributed by atoms with E-state index in [1.54, 1.807) is 0 Å². The van der Waals surface area contributed by atoms with Crippen molar-refractivity contribution in [2.24, 2.45) is 5.41 Å². The van der Waals surface area contributed by atoms with E-state index < -0.39 is 0 Å². The maximum Gasteiger partial charge on any atom is 0.115 e. The first-order chi connectivity index (χ1) is 7.72. The average Bonchev–Trinajstić information content (AvgIpc) is 2.55. The molecule has 2 fully saturated rings. The lowest BCUT2D eigenvalue weighted by atomic mass is 9.51. The molecule has 88 valence electrons. The standard InChI is InChI=1S/C13H18O3/c1-10-3-4-11(16-10)13(8-15-9-13)12(7-14)5-2-6-12/h3-4,14H,2,5-9H2,1H3. The first-order valence-corrected chi connectivity index (χ1v) is 5.98. The highest BCUT2D eigenvalue weighted by Gasteiger charge is 2.61. The molecule has 2 heterocycles. The summed E-state index contributed by atoms with van der Waals surface area (Å²) < 4.78 is 11.2. The lowest BCUT2D eigenvalue weighted by Crippen LogP contribution is -2.63. The van der Waals surface area contributed by atoms with E-state index in [4.69, 9.17) is 9.15 Å². The van der Waals surface area contributed by atoms with Gasteiger partial charge in [-0.3, -0.25) is 0 Å². The lowest BCUT2D eigenvalue weighted by Gasteiger charge is -2.58. The zero-order valence-electron chi connectivity index (χ0n) is 9.66. The van der Waals surface area contributed by atoms with Crippen molar-refractivity contribution in [2.45, 2.75) is 31.6 Å². The van der Waals surface area contributed by atoms with E-state index in [0.717, 1.165) is 24.4 Å². The molecule has 0 spiro atoms. The van der Waals surface area contributed by atoms with Crippen LogP contribution in [0.5, 0.6) is 0 Å². The van der Waals surface area contributed by atoms with Crippen LogP contribution in [0.25, 0.3) is 0 Å². The molecule has 0 unspecified atom stereocenters. The lowest BCUT2D eigenvalue weighted by molar-refractivity contribution is -0.181. The third kappa shape index (κ3) is 1.10. The Morgan fingerprint density at radius 3 is 2.38 bits per heavy atom. The number of aliphatic hydroxyl groups excluding tert-OH is 1. The van der Waals surface area contributed by atoms with Crippen molar-refractivity contribution in [3.8, 4) is 0 Å². The molecule has 3 nitrogen and oxygen atoms in total. The molecule has 0 amide bonds. The Kier molecular flexibility index (Phi) is 2.17. The predicted octanol–water partition coefficient (Wildman–Crippen LogP) is 2.02. The Morgan fingerprint density at radius 2 is 2.06 bits per heavy atom. The topological polar surface area (TPSA) is 42.6 Å². The van der Waals surface area contributed by atoms with E-state index in [2.05, 4.69) is 0 Å². The summed E-state index contributed by atoms with van der Waals surface area (Å²) in [6.45, 7) is 3.60. The van der Waals surface area contributed by atoms with Crippen LogP contribution in [0.3, 0.4) is 0 Å². The van der Waals surface area contributed by atoms with E-state index in [1.165, 1.54) is 6.42 Å². The quantitative estimate of drug-likeness (QED) is 0.850. The van der Waals surface area contributed by atoms with Gasteiger partial charge < -0.3 is 14.3 Å². The minimum absolute atomic E-state index is 0.00947. The molecule has 2 aliphatic rings. The first-order valence-electron chi connectivity index (χ1n) is 5.98. The highest BCUT2D eigenvalue weighted by atomic mass is 16.5. The summed E-state index contributed by atoms with van der Waals surface area (Å²) in [7, 11) is 0. The molecule has 0 atom stereocenters. The van der Waals surface area contributed by atoms with Crippen LogP contribution in [0.2, 0.25) is 0 Å². The number of furan rings is 1. The van der Waals surface area contributed by atoms with Crippen molar-refractivity contribution in [2.75, 3.05) is 19.8 Å². The summed E-state index contributed by atoms with van der Waals surface area (Å²) >= 11 is 0. The number of aliphatic hydroxyl groups is 1. The summed E-state index contributed by atoms with van der Waals surface area (Å²) in [4.78, 5) is 0. The molecule has 1 aliphatic carbocycles. The zero-order valence-corrected chi connectivity index (χ0v) is 9.66. The van der Waals surface area contributed by atoms with Crippen molar-refractivity contribution >= 4 is 0 Å².